The van der Waals surface area contributed by atoms with Crippen molar-refractivity contribution in [1.82, 2.24) is 0 Å². The molecule has 0 radical (unpaired) electrons. The maximum atomic E-state index is 5.91. The fourth-order valence-electron chi connectivity index (χ4n) is 2.74. The molecule has 1 unspecified atom stereocenters. The Kier molecular flexibility index (Phi) is 3.41. The molecule has 1 aliphatic carbocycles. The average Bonchev–Trinajstić information content (AvgIpc) is 2.27. The highest BCUT2D eigenvalue weighted by Crippen LogP contribution is 2.43. The summed E-state index contributed by atoms with van der Waals surface area (Å²) < 4.78 is 1.19. The molecule has 1 aromatic carbocycles. The zero-order chi connectivity index (χ0) is 11.8. The van der Waals surface area contributed by atoms with Crippen molar-refractivity contribution in [3.8, 4) is 0 Å². The molecule has 0 saturated carbocycles. The molecule has 1 aliphatic rings. The Bertz CT molecular complexity index is 384. The van der Waals surface area contributed by atoms with Gasteiger partial charge in [0, 0.05) is 4.47 Å². The van der Waals surface area contributed by atoms with Crippen molar-refractivity contribution in [2.75, 3.05) is 6.54 Å². The summed E-state index contributed by atoms with van der Waals surface area (Å²) in [6.45, 7) is 5.33. The lowest BCUT2D eigenvalue weighted by molar-refractivity contribution is 0.269. The van der Waals surface area contributed by atoms with Crippen molar-refractivity contribution in [1.29, 1.82) is 0 Å². The lowest BCUT2D eigenvalue weighted by Gasteiger charge is -2.37. The monoisotopic (exact) mass is 281 g/mol. The van der Waals surface area contributed by atoms with Crippen molar-refractivity contribution >= 4 is 15.9 Å². The molecule has 0 saturated heterocycles. The van der Waals surface area contributed by atoms with Gasteiger partial charge in [0.2, 0.25) is 0 Å². The third kappa shape index (κ3) is 2.18. The van der Waals surface area contributed by atoms with Crippen LogP contribution in [0.4, 0.5) is 0 Å². The maximum Gasteiger partial charge on any atom is 0.0178 e. The first-order valence-corrected chi connectivity index (χ1v) is 6.82. The molecule has 1 nitrogen and oxygen atoms in total. The highest BCUT2D eigenvalue weighted by Gasteiger charge is 2.32. The molecule has 16 heavy (non-hydrogen) atoms. The van der Waals surface area contributed by atoms with Gasteiger partial charge in [-0.2, -0.15) is 0 Å². The molecule has 0 aromatic heterocycles. The standard InChI is InChI=1S/C14H20BrN/c1-14(2,9-16)13-5-3-4-10-8-11(15)6-7-12(10)13/h6-8,13H,3-5,9,16H2,1-2H3. The SMILES string of the molecule is CC(C)(CN)C1CCCc2cc(Br)ccc21. The Hall–Kier alpha value is -0.340. The largest absolute Gasteiger partial charge is 0.330 e. The van der Waals surface area contributed by atoms with E-state index in [1.165, 1.54) is 34.9 Å². The van der Waals surface area contributed by atoms with Crippen LogP contribution in [0.25, 0.3) is 0 Å². The van der Waals surface area contributed by atoms with E-state index < -0.39 is 0 Å². The molecular weight excluding hydrogens is 262 g/mol. The number of benzene rings is 1. The van der Waals surface area contributed by atoms with Gasteiger partial charge < -0.3 is 5.73 Å². The van der Waals surface area contributed by atoms with Crippen molar-refractivity contribution < 1.29 is 0 Å². The number of rotatable bonds is 2. The molecule has 88 valence electrons. The smallest absolute Gasteiger partial charge is 0.0178 e. The van der Waals surface area contributed by atoms with E-state index in [1.54, 1.807) is 0 Å². The number of aryl methyl sites for hydroxylation is 1. The number of hydrogen-bond acceptors (Lipinski definition) is 1. The van der Waals surface area contributed by atoms with Crippen LogP contribution in [-0.2, 0) is 6.42 Å². The molecule has 0 fully saturated rings. The van der Waals surface area contributed by atoms with Crippen molar-refractivity contribution in [2.45, 2.75) is 39.0 Å². The van der Waals surface area contributed by atoms with Gasteiger partial charge in [-0.15, -0.1) is 0 Å². The van der Waals surface area contributed by atoms with Crippen LogP contribution in [0.2, 0.25) is 0 Å². The third-order valence-electron chi connectivity index (χ3n) is 3.89. The van der Waals surface area contributed by atoms with Gasteiger partial charge in [-0.3, -0.25) is 0 Å². The molecular formula is C14H20BrN. The molecule has 2 N–H and O–H groups in total. The van der Waals surface area contributed by atoms with Crippen LogP contribution in [0.15, 0.2) is 22.7 Å². The van der Waals surface area contributed by atoms with E-state index >= 15 is 0 Å². The third-order valence-corrected chi connectivity index (χ3v) is 4.38. The van der Waals surface area contributed by atoms with Gasteiger partial charge in [0.05, 0.1) is 0 Å². The van der Waals surface area contributed by atoms with Crippen LogP contribution in [0.3, 0.4) is 0 Å². The fraction of sp³-hybridized carbons (Fsp3) is 0.571. The summed E-state index contributed by atoms with van der Waals surface area (Å²) in [4.78, 5) is 0. The zero-order valence-electron chi connectivity index (χ0n) is 10.1. The van der Waals surface area contributed by atoms with Crippen LogP contribution >= 0.6 is 15.9 Å². The van der Waals surface area contributed by atoms with Crippen LogP contribution in [0.5, 0.6) is 0 Å². The van der Waals surface area contributed by atoms with Gasteiger partial charge in [0.25, 0.3) is 0 Å². The predicted octanol–water partition coefficient (Wildman–Crippen LogP) is 3.85. The summed E-state index contributed by atoms with van der Waals surface area (Å²) in [7, 11) is 0. The Morgan fingerprint density at radius 1 is 1.44 bits per heavy atom. The minimum Gasteiger partial charge on any atom is -0.330 e. The molecule has 0 heterocycles. The molecule has 2 heteroatoms. The van der Waals surface area contributed by atoms with Gasteiger partial charge >= 0.3 is 0 Å². The van der Waals surface area contributed by atoms with Gasteiger partial charge in [-0.1, -0.05) is 35.8 Å². The highest BCUT2D eigenvalue weighted by atomic mass is 79.9. The lowest BCUT2D eigenvalue weighted by atomic mass is 9.68. The summed E-state index contributed by atoms with van der Waals surface area (Å²) in [6.07, 6.45) is 3.78. The highest BCUT2D eigenvalue weighted by molar-refractivity contribution is 9.10. The maximum absolute atomic E-state index is 5.91. The van der Waals surface area contributed by atoms with Crippen molar-refractivity contribution in [3.63, 3.8) is 0 Å². The van der Waals surface area contributed by atoms with E-state index in [0.717, 1.165) is 6.54 Å². The first kappa shape index (κ1) is 12.1. The second-order valence-corrected chi connectivity index (χ2v) is 6.40. The molecule has 2 rings (SSSR count). The van der Waals surface area contributed by atoms with Crippen molar-refractivity contribution in [3.05, 3.63) is 33.8 Å². The Balaban J connectivity index is 2.40. The first-order valence-electron chi connectivity index (χ1n) is 6.03. The average molecular weight is 282 g/mol. The van der Waals surface area contributed by atoms with E-state index in [4.69, 9.17) is 5.73 Å². The van der Waals surface area contributed by atoms with Crippen LogP contribution in [0, 0.1) is 5.41 Å². The fourth-order valence-corrected chi connectivity index (χ4v) is 3.15. The normalized spacial score (nSPS) is 20.6. The topological polar surface area (TPSA) is 26.0 Å². The number of hydrogen-bond donors (Lipinski definition) is 1. The van der Waals surface area contributed by atoms with Crippen LogP contribution in [0.1, 0.15) is 43.7 Å². The quantitative estimate of drug-likeness (QED) is 0.876. The number of fused-ring (bicyclic) bond motifs is 1. The summed E-state index contributed by atoms with van der Waals surface area (Å²) in [5, 5.41) is 0. The number of halogens is 1. The molecule has 0 spiro atoms. The molecule has 0 bridgehead atoms. The van der Waals surface area contributed by atoms with E-state index in [2.05, 4.69) is 48.0 Å². The second kappa shape index (κ2) is 4.50. The first-order chi connectivity index (χ1) is 7.54. The van der Waals surface area contributed by atoms with Gasteiger partial charge in [-0.25, -0.2) is 0 Å². The van der Waals surface area contributed by atoms with Gasteiger partial charge in [-0.05, 0) is 60.4 Å². The summed E-state index contributed by atoms with van der Waals surface area (Å²) in [6, 6.07) is 6.71. The minimum absolute atomic E-state index is 0.211. The van der Waals surface area contributed by atoms with Gasteiger partial charge in [0.1, 0.15) is 0 Å². The minimum atomic E-state index is 0.211. The summed E-state index contributed by atoms with van der Waals surface area (Å²) in [5.74, 6) is 0.620. The van der Waals surface area contributed by atoms with Crippen LogP contribution < -0.4 is 5.73 Å². The van der Waals surface area contributed by atoms with Crippen molar-refractivity contribution in [2.24, 2.45) is 11.1 Å². The zero-order valence-corrected chi connectivity index (χ0v) is 11.7. The van der Waals surface area contributed by atoms with E-state index in [-0.39, 0.29) is 5.41 Å². The van der Waals surface area contributed by atoms with E-state index in [1.807, 2.05) is 0 Å². The Morgan fingerprint density at radius 3 is 2.88 bits per heavy atom. The van der Waals surface area contributed by atoms with E-state index in [9.17, 15) is 0 Å². The van der Waals surface area contributed by atoms with Crippen LogP contribution in [-0.4, -0.2) is 6.54 Å². The van der Waals surface area contributed by atoms with E-state index in [0.29, 0.717) is 5.92 Å². The molecule has 1 aromatic rings. The Labute approximate surface area is 107 Å². The molecule has 1 atom stereocenters. The molecule has 0 amide bonds. The Morgan fingerprint density at radius 2 is 2.19 bits per heavy atom. The summed E-state index contributed by atoms with van der Waals surface area (Å²) in [5.41, 5.74) is 9.15. The second-order valence-electron chi connectivity index (χ2n) is 5.48. The van der Waals surface area contributed by atoms with Gasteiger partial charge in [0.15, 0.2) is 0 Å². The molecule has 0 aliphatic heterocycles. The lowest BCUT2D eigenvalue weighted by Crippen LogP contribution is -2.32. The number of nitrogens with two attached hydrogens (primary N) is 1. The summed E-state index contributed by atoms with van der Waals surface area (Å²) >= 11 is 3.55. The predicted molar refractivity (Wildman–Crippen MR) is 72.7 cm³/mol.